The number of benzene rings is 1. The Hall–Kier alpha value is -2.62. The van der Waals surface area contributed by atoms with Gasteiger partial charge in [-0.05, 0) is 23.6 Å². The molecule has 0 amide bonds. The molecule has 21 heavy (non-hydrogen) atoms. The second-order valence-corrected chi connectivity index (χ2v) is 5.07. The van der Waals surface area contributed by atoms with Crippen molar-refractivity contribution in [2.45, 2.75) is 12.8 Å². The summed E-state index contributed by atoms with van der Waals surface area (Å²) in [6.07, 6.45) is 7.22. The Morgan fingerprint density at radius 3 is 2.67 bits per heavy atom. The van der Waals surface area contributed by atoms with E-state index in [1.54, 1.807) is 12.5 Å². The van der Waals surface area contributed by atoms with Gasteiger partial charge in [0.25, 0.3) is 0 Å². The minimum atomic E-state index is 0.458. The lowest BCUT2D eigenvalue weighted by atomic mass is 10.0. The zero-order valence-electron chi connectivity index (χ0n) is 12.0. The summed E-state index contributed by atoms with van der Waals surface area (Å²) in [5.41, 5.74) is 2.37. The minimum absolute atomic E-state index is 0.458. The lowest BCUT2D eigenvalue weighted by Gasteiger charge is -2.14. The zero-order valence-corrected chi connectivity index (χ0v) is 12.0. The first-order valence-corrected chi connectivity index (χ1v) is 7.06. The van der Waals surface area contributed by atoms with Crippen molar-refractivity contribution in [3.8, 4) is 5.82 Å². The average molecular weight is 278 g/mol. The van der Waals surface area contributed by atoms with Crippen molar-refractivity contribution in [1.29, 1.82) is 0 Å². The Morgan fingerprint density at radius 2 is 2.00 bits per heavy atom. The van der Waals surface area contributed by atoms with Gasteiger partial charge in [0, 0.05) is 18.9 Å². The van der Waals surface area contributed by atoms with Gasteiger partial charge in [-0.25, -0.2) is 9.97 Å². The number of aromatic nitrogens is 3. The van der Waals surface area contributed by atoms with Crippen LogP contribution in [0.4, 0.5) is 5.69 Å². The van der Waals surface area contributed by atoms with Gasteiger partial charge < -0.3 is 5.32 Å². The van der Waals surface area contributed by atoms with Crippen LogP contribution in [0.2, 0.25) is 0 Å². The Kier molecular flexibility index (Phi) is 3.96. The van der Waals surface area contributed by atoms with Crippen LogP contribution in [0, 0.1) is 0 Å². The van der Waals surface area contributed by atoms with E-state index in [-0.39, 0.29) is 0 Å². The molecule has 1 unspecified atom stereocenters. The van der Waals surface area contributed by atoms with Crippen molar-refractivity contribution in [3.63, 3.8) is 0 Å². The van der Waals surface area contributed by atoms with Gasteiger partial charge in [0.1, 0.15) is 12.1 Å². The summed E-state index contributed by atoms with van der Waals surface area (Å²) in [4.78, 5) is 8.45. The molecule has 2 heterocycles. The maximum absolute atomic E-state index is 4.43. The smallest absolute Gasteiger partial charge is 0.137 e. The topological polar surface area (TPSA) is 42.7 Å². The van der Waals surface area contributed by atoms with Gasteiger partial charge in [-0.3, -0.25) is 4.57 Å². The van der Waals surface area contributed by atoms with E-state index in [0.29, 0.717) is 5.92 Å². The van der Waals surface area contributed by atoms with Crippen LogP contribution in [0.3, 0.4) is 0 Å². The number of imidazole rings is 1. The van der Waals surface area contributed by atoms with Gasteiger partial charge in [0.2, 0.25) is 0 Å². The fourth-order valence-corrected chi connectivity index (χ4v) is 2.21. The lowest BCUT2D eigenvalue weighted by Crippen LogP contribution is -2.10. The Balaban J connectivity index is 1.61. The predicted octanol–water partition coefficient (Wildman–Crippen LogP) is 3.48. The first-order chi connectivity index (χ1) is 10.3. The number of pyridine rings is 1. The largest absolute Gasteiger partial charge is 0.383 e. The van der Waals surface area contributed by atoms with Crippen LogP contribution in [-0.2, 0) is 0 Å². The molecule has 2 aromatic heterocycles. The summed E-state index contributed by atoms with van der Waals surface area (Å²) >= 11 is 0. The van der Waals surface area contributed by atoms with E-state index in [1.165, 1.54) is 5.56 Å². The van der Waals surface area contributed by atoms with Crippen molar-refractivity contribution in [1.82, 2.24) is 14.5 Å². The van der Waals surface area contributed by atoms with Crippen LogP contribution in [0.5, 0.6) is 0 Å². The molecule has 0 fully saturated rings. The van der Waals surface area contributed by atoms with E-state index >= 15 is 0 Å². The van der Waals surface area contributed by atoms with Crippen molar-refractivity contribution in [2.75, 3.05) is 11.9 Å². The first-order valence-electron chi connectivity index (χ1n) is 7.06. The van der Waals surface area contributed by atoms with E-state index in [9.17, 15) is 0 Å². The van der Waals surface area contributed by atoms with Crippen LogP contribution >= 0.6 is 0 Å². The SMILES string of the molecule is CC(CNc1ccc(-n2ccnc2)nc1)c1ccccc1. The molecular formula is C17H18N4. The van der Waals surface area contributed by atoms with E-state index in [2.05, 4.69) is 46.5 Å². The summed E-state index contributed by atoms with van der Waals surface area (Å²) in [6, 6.07) is 14.5. The highest BCUT2D eigenvalue weighted by Gasteiger charge is 2.04. The average Bonchev–Trinajstić information content (AvgIpc) is 3.08. The molecular weight excluding hydrogens is 260 g/mol. The third-order valence-electron chi connectivity index (χ3n) is 3.50. The summed E-state index contributed by atoms with van der Waals surface area (Å²) in [5, 5.41) is 3.43. The van der Waals surface area contributed by atoms with Crippen LogP contribution in [-0.4, -0.2) is 21.1 Å². The molecule has 0 aliphatic rings. The maximum atomic E-state index is 4.43. The van der Waals surface area contributed by atoms with Gasteiger partial charge in [-0.1, -0.05) is 37.3 Å². The molecule has 0 saturated carbocycles. The molecule has 0 bridgehead atoms. The molecule has 0 saturated heterocycles. The van der Waals surface area contributed by atoms with Crippen LogP contribution < -0.4 is 5.32 Å². The van der Waals surface area contributed by atoms with E-state index in [0.717, 1.165) is 18.1 Å². The molecule has 106 valence electrons. The molecule has 0 radical (unpaired) electrons. The molecule has 1 N–H and O–H groups in total. The maximum Gasteiger partial charge on any atom is 0.137 e. The Bertz CT molecular complexity index is 660. The number of hydrogen-bond acceptors (Lipinski definition) is 3. The number of nitrogens with one attached hydrogen (secondary N) is 1. The van der Waals surface area contributed by atoms with Crippen LogP contribution in [0.25, 0.3) is 5.82 Å². The summed E-state index contributed by atoms with van der Waals surface area (Å²) in [6.45, 7) is 3.10. The molecule has 3 rings (SSSR count). The molecule has 0 aliphatic carbocycles. The van der Waals surface area contributed by atoms with Crippen molar-refractivity contribution in [2.24, 2.45) is 0 Å². The van der Waals surface area contributed by atoms with Gasteiger partial charge in [0.15, 0.2) is 0 Å². The lowest BCUT2D eigenvalue weighted by molar-refractivity contribution is 0.804. The Morgan fingerprint density at radius 1 is 1.14 bits per heavy atom. The number of hydrogen-bond donors (Lipinski definition) is 1. The summed E-state index contributed by atoms with van der Waals surface area (Å²) in [7, 11) is 0. The molecule has 4 heteroatoms. The molecule has 1 aromatic carbocycles. The number of anilines is 1. The molecule has 0 spiro atoms. The molecule has 3 aromatic rings. The highest BCUT2D eigenvalue weighted by Crippen LogP contribution is 2.16. The Labute approximate surface area is 124 Å². The van der Waals surface area contributed by atoms with Gasteiger partial charge in [-0.2, -0.15) is 0 Å². The highest BCUT2D eigenvalue weighted by atomic mass is 15.1. The molecule has 4 nitrogen and oxygen atoms in total. The quantitative estimate of drug-likeness (QED) is 0.777. The predicted molar refractivity (Wildman–Crippen MR) is 84.7 cm³/mol. The first kappa shape index (κ1) is 13.4. The normalized spacial score (nSPS) is 12.0. The van der Waals surface area contributed by atoms with Crippen LogP contribution in [0.15, 0.2) is 67.4 Å². The van der Waals surface area contributed by atoms with Gasteiger partial charge >= 0.3 is 0 Å². The fourth-order valence-electron chi connectivity index (χ4n) is 2.21. The second kappa shape index (κ2) is 6.22. The third kappa shape index (κ3) is 3.28. The summed E-state index contributed by atoms with van der Waals surface area (Å²) < 4.78 is 1.89. The van der Waals surface area contributed by atoms with Crippen LogP contribution in [0.1, 0.15) is 18.4 Å². The number of nitrogens with zero attached hydrogens (tertiary/aromatic N) is 3. The van der Waals surface area contributed by atoms with Crippen molar-refractivity contribution < 1.29 is 0 Å². The van der Waals surface area contributed by atoms with Crippen molar-refractivity contribution >= 4 is 5.69 Å². The van der Waals surface area contributed by atoms with Gasteiger partial charge in [-0.15, -0.1) is 0 Å². The highest BCUT2D eigenvalue weighted by molar-refractivity contribution is 5.44. The number of rotatable bonds is 5. The van der Waals surface area contributed by atoms with Crippen molar-refractivity contribution in [3.05, 3.63) is 72.9 Å². The van der Waals surface area contributed by atoms with E-state index in [4.69, 9.17) is 0 Å². The van der Waals surface area contributed by atoms with Gasteiger partial charge in [0.05, 0.1) is 11.9 Å². The second-order valence-electron chi connectivity index (χ2n) is 5.07. The summed E-state index contributed by atoms with van der Waals surface area (Å²) in [5.74, 6) is 1.33. The van der Waals surface area contributed by atoms with E-state index in [1.807, 2.05) is 35.2 Å². The zero-order chi connectivity index (χ0) is 14.5. The molecule has 0 aliphatic heterocycles. The monoisotopic (exact) mass is 278 g/mol. The molecule has 1 atom stereocenters. The minimum Gasteiger partial charge on any atom is -0.383 e. The standard InChI is InChI=1S/C17H18N4/c1-14(15-5-3-2-4-6-15)11-19-16-7-8-17(20-12-16)21-10-9-18-13-21/h2-10,12-14,19H,11H2,1H3. The van der Waals surface area contributed by atoms with E-state index < -0.39 is 0 Å². The fraction of sp³-hybridized carbons (Fsp3) is 0.176. The third-order valence-corrected chi connectivity index (χ3v) is 3.50.